The summed E-state index contributed by atoms with van der Waals surface area (Å²) in [7, 11) is 0. The van der Waals surface area contributed by atoms with E-state index in [2.05, 4.69) is 10.6 Å². The van der Waals surface area contributed by atoms with Crippen LogP contribution in [0.3, 0.4) is 0 Å². The van der Waals surface area contributed by atoms with Crippen LogP contribution in [0.15, 0.2) is 54.2 Å². The first-order valence-corrected chi connectivity index (χ1v) is 7.85. The highest BCUT2D eigenvalue weighted by molar-refractivity contribution is 6.31. The number of hydrogen-bond donors (Lipinski definition) is 2. The second kappa shape index (κ2) is 8.19. The molecular weight excluding hydrogens is 322 g/mol. The number of aryl methyl sites for hydroxylation is 1. The van der Waals surface area contributed by atoms with Crippen molar-refractivity contribution in [2.75, 3.05) is 5.32 Å². The predicted octanol–water partition coefficient (Wildman–Crippen LogP) is 4.09. The highest BCUT2D eigenvalue weighted by Crippen LogP contribution is 2.18. The number of nitrogens with zero attached hydrogens (tertiary/aromatic N) is 1. The van der Waals surface area contributed by atoms with Crippen LogP contribution in [0.1, 0.15) is 16.7 Å². The zero-order valence-corrected chi connectivity index (χ0v) is 14.3. The van der Waals surface area contributed by atoms with Crippen molar-refractivity contribution in [1.82, 2.24) is 5.32 Å². The first-order chi connectivity index (χ1) is 11.5. The van der Waals surface area contributed by atoms with Crippen molar-refractivity contribution in [2.45, 2.75) is 20.4 Å². The summed E-state index contributed by atoms with van der Waals surface area (Å²) >= 11 is 6.07. The third kappa shape index (κ3) is 4.37. The Bertz CT molecular complexity index is 822. The lowest BCUT2D eigenvalue weighted by Gasteiger charge is -2.10. The molecule has 0 radical (unpaired) electrons. The van der Waals surface area contributed by atoms with Crippen LogP contribution < -0.4 is 10.6 Å². The first-order valence-electron chi connectivity index (χ1n) is 7.47. The van der Waals surface area contributed by atoms with Gasteiger partial charge in [-0.3, -0.25) is 4.79 Å². The van der Waals surface area contributed by atoms with Gasteiger partial charge in [0.05, 0.1) is 0 Å². The molecule has 0 unspecified atom stereocenters. The molecule has 0 aliphatic heterocycles. The molecule has 2 aromatic rings. The van der Waals surface area contributed by atoms with E-state index in [0.717, 1.165) is 16.7 Å². The molecule has 0 heterocycles. The van der Waals surface area contributed by atoms with Crippen LogP contribution in [0, 0.1) is 25.2 Å². The van der Waals surface area contributed by atoms with E-state index in [4.69, 9.17) is 11.6 Å². The van der Waals surface area contributed by atoms with Crippen LogP contribution in [-0.4, -0.2) is 5.91 Å². The molecule has 0 aliphatic carbocycles. The van der Waals surface area contributed by atoms with Crippen molar-refractivity contribution in [3.05, 3.63) is 76.0 Å². The summed E-state index contributed by atoms with van der Waals surface area (Å²) in [6.45, 7) is 4.33. The Morgan fingerprint density at radius 2 is 1.96 bits per heavy atom. The summed E-state index contributed by atoms with van der Waals surface area (Å²) in [5, 5.41) is 15.6. The highest BCUT2D eigenvalue weighted by Gasteiger charge is 2.11. The van der Waals surface area contributed by atoms with E-state index in [1.807, 2.05) is 56.3 Å². The van der Waals surface area contributed by atoms with Gasteiger partial charge in [0.2, 0.25) is 0 Å². The molecule has 5 heteroatoms. The molecule has 0 aliphatic rings. The van der Waals surface area contributed by atoms with E-state index in [9.17, 15) is 10.1 Å². The van der Waals surface area contributed by atoms with Gasteiger partial charge in [-0.25, -0.2) is 0 Å². The molecule has 0 saturated heterocycles. The number of benzene rings is 2. The molecule has 2 rings (SSSR count). The Balaban J connectivity index is 2.05. The first kappa shape index (κ1) is 17.6. The molecule has 4 nitrogen and oxygen atoms in total. The maximum atomic E-state index is 12.2. The summed E-state index contributed by atoms with van der Waals surface area (Å²) < 4.78 is 0. The molecule has 0 bridgehead atoms. The Hall–Kier alpha value is -2.77. The topological polar surface area (TPSA) is 64.9 Å². The fraction of sp³-hybridized carbons (Fsp3) is 0.158. The maximum absolute atomic E-state index is 12.2. The second-order valence-electron chi connectivity index (χ2n) is 5.34. The Labute approximate surface area is 146 Å². The predicted molar refractivity (Wildman–Crippen MR) is 96.5 cm³/mol. The number of halogens is 1. The summed E-state index contributed by atoms with van der Waals surface area (Å²) in [4.78, 5) is 12.2. The van der Waals surface area contributed by atoms with Gasteiger partial charge in [-0.15, -0.1) is 0 Å². The van der Waals surface area contributed by atoms with Crippen LogP contribution in [0.4, 0.5) is 5.69 Å². The van der Waals surface area contributed by atoms with Gasteiger partial charge in [-0.2, -0.15) is 5.26 Å². The number of carbonyl (C=O) groups excluding carboxylic acids is 1. The third-order valence-electron chi connectivity index (χ3n) is 3.71. The van der Waals surface area contributed by atoms with Gasteiger partial charge >= 0.3 is 0 Å². The van der Waals surface area contributed by atoms with Gasteiger partial charge in [-0.1, -0.05) is 41.9 Å². The number of hydrogen-bond acceptors (Lipinski definition) is 3. The lowest BCUT2D eigenvalue weighted by Crippen LogP contribution is -2.17. The molecule has 0 saturated carbocycles. The van der Waals surface area contributed by atoms with Gasteiger partial charge in [0.15, 0.2) is 0 Å². The molecule has 1 amide bonds. The van der Waals surface area contributed by atoms with Crippen molar-refractivity contribution >= 4 is 23.2 Å². The quantitative estimate of drug-likeness (QED) is 0.637. The van der Waals surface area contributed by atoms with Gasteiger partial charge in [0, 0.05) is 23.5 Å². The molecule has 24 heavy (non-hydrogen) atoms. The average molecular weight is 340 g/mol. The number of nitriles is 1. The van der Waals surface area contributed by atoms with Crippen LogP contribution in [-0.2, 0) is 11.3 Å². The number of amides is 1. The Kier molecular flexibility index (Phi) is 6.00. The number of anilines is 1. The van der Waals surface area contributed by atoms with Crippen LogP contribution in [0.5, 0.6) is 0 Å². The Morgan fingerprint density at radius 1 is 1.21 bits per heavy atom. The molecule has 122 valence electrons. The molecule has 0 fully saturated rings. The van der Waals surface area contributed by atoms with E-state index in [1.165, 1.54) is 6.20 Å². The van der Waals surface area contributed by atoms with Gasteiger partial charge < -0.3 is 10.6 Å². The minimum Gasteiger partial charge on any atom is -0.386 e. The van der Waals surface area contributed by atoms with Gasteiger partial charge in [0.25, 0.3) is 5.91 Å². The fourth-order valence-electron chi connectivity index (χ4n) is 2.13. The Morgan fingerprint density at radius 3 is 2.67 bits per heavy atom. The van der Waals surface area contributed by atoms with Gasteiger partial charge in [0.1, 0.15) is 11.6 Å². The zero-order chi connectivity index (χ0) is 17.5. The minimum absolute atomic E-state index is 0.00274. The normalized spacial score (nSPS) is 10.8. The molecule has 2 aromatic carbocycles. The zero-order valence-electron chi connectivity index (χ0n) is 13.6. The molecular formula is C19H18ClN3O. The minimum atomic E-state index is -0.446. The fourth-order valence-corrected chi connectivity index (χ4v) is 2.33. The van der Waals surface area contributed by atoms with E-state index >= 15 is 0 Å². The van der Waals surface area contributed by atoms with Crippen LogP contribution >= 0.6 is 11.6 Å². The number of nitrogens with one attached hydrogen (secondary N) is 2. The van der Waals surface area contributed by atoms with Crippen molar-refractivity contribution in [1.29, 1.82) is 5.26 Å². The van der Waals surface area contributed by atoms with Crippen molar-refractivity contribution < 1.29 is 4.79 Å². The van der Waals surface area contributed by atoms with E-state index < -0.39 is 5.91 Å². The lowest BCUT2D eigenvalue weighted by molar-refractivity contribution is -0.112. The highest BCUT2D eigenvalue weighted by atomic mass is 35.5. The maximum Gasteiger partial charge on any atom is 0.267 e. The summed E-state index contributed by atoms with van der Waals surface area (Å²) in [6.07, 6.45) is 1.41. The van der Waals surface area contributed by atoms with E-state index in [1.54, 1.807) is 6.07 Å². The lowest BCUT2D eigenvalue weighted by atomic mass is 10.1. The number of rotatable bonds is 5. The summed E-state index contributed by atoms with van der Waals surface area (Å²) in [5.41, 5.74) is 3.65. The summed E-state index contributed by atoms with van der Waals surface area (Å²) in [6, 6.07) is 15.0. The molecule has 2 N–H and O–H groups in total. The van der Waals surface area contributed by atoms with E-state index in [0.29, 0.717) is 17.3 Å². The van der Waals surface area contributed by atoms with Crippen LogP contribution in [0.2, 0.25) is 5.02 Å². The number of carbonyl (C=O) groups is 1. The van der Waals surface area contributed by atoms with Crippen molar-refractivity contribution in [2.24, 2.45) is 0 Å². The van der Waals surface area contributed by atoms with E-state index in [-0.39, 0.29) is 5.57 Å². The standard InChI is InChI=1S/C19H18ClN3O/c1-13-6-5-9-18(14(13)2)23-19(24)16(10-21)12-22-11-15-7-3-4-8-17(15)20/h3-9,12,22H,11H2,1-2H3,(H,23,24)/b16-12-. The molecule has 0 spiro atoms. The third-order valence-corrected chi connectivity index (χ3v) is 4.08. The molecule has 0 aromatic heterocycles. The average Bonchev–Trinajstić information content (AvgIpc) is 2.57. The van der Waals surface area contributed by atoms with Crippen molar-refractivity contribution in [3.8, 4) is 6.07 Å². The van der Waals surface area contributed by atoms with Gasteiger partial charge in [-0.05, 0) is 42.7 Å². The summed E-state index contributed by atoms with van der Waals surface area (Å²) in [5.74, 6) is -0.446. The SMILES string of the molecule is Cc1cccc(NC(=O)/C(C#N)=C\NCc2ccccc2Cl)c1C. The second-order valence-corrected chi connectivity index (χ2v) is 5.75. The molecule has 0 atom stereocenters. The smallest absolute Gasteiger partial charge is 0.267 e. The monoisotopic (exact) mass is 339 g/mol. The van der Waals surface area contributed by atoms with Crippen molar-refractivity contribution in [3.63, 3.8) is 0 Å². The largest absolute Gasteiger partial charge is 0.386 e. The van der Waals surface area contributed by atoms with Crippen LogP contribution in [0.25, 0.3) is 0 Å².